The Labute approximate surface area is 102 Å². The van der Waals surface area contributed by atoms with E-state index >= 15 is 0 Å². The van der Waals surface area contributed by atoms with Crippen LogP contribution in [0.1, 0.15) is 32.4 Å². The summed E-state index contributed by atoms with van der Waals surface area (Å²) in [6, 6.07) is 3.58. The summed E-state index contributed by atoms with van der Waals surface area (Å²) in [5.41, 5.74) is 6.55. The van der Waals surface area contributed by atoms with Gasteiger partial charge in [0.25, 0.3) is 0 Å². The Hall–Kier alpha value is -1.62. The van der Waals surface area contributed by atoms with Gasteiger partial charge in [0.05, 0.1) is 6.54 Å². The zero-order chi connectivity index (χ0) is 13.4. The van der Waals surface area contributed by atoms with Crippen LogP contribution in [0.5, 0.6) is 0 Å². The summed E-state index contributed by atoms with van der Waals surface area (Å²) in [5.74, 6) is -0.408. The Bertz CT molecular complexity index is 355. The van der Waals surface area contributed by atoms with Gasteiger partial charge in [0, 0.05) is 17.8 Å². The number of likely N-dealkylation sites (N-methyl/N-ethyl adjacent to an activating group) is 1. The van der Waals surface area contributed by atoms with Gasteiger partial charge in [-0.05, 0) is 20.0 Å². The van der Waals surface area contributed by atoms with Crippen LogP contribution in [0.2, 0.25) is 0 Å². The molecule has 0 aliphatic rings. The molecule has 5 nitrogen and oxygen atoms in total. The lowest BCUT2D eigenvalue weighted by Gasteiger charge is -2.23. The number of aliphatic carboxylic acids is 1. The molecule has 0 aliphatic heterocycles. The van der Waals surface area contributed by atoms with Gasteiger partial charge in [-0.25, -0.2) is 4.98 Å². The second kappa shape index (κ2) is 7.62. The molecule has 0 spiro atoms. The van der Waals surface area contributed by atoms with Crippen LogP contribution in [0.4, 0.5) is 5.82 Å². The molecule has 5 heteroatoms. The first-order valence-electron chi connectivity index (χ1n) is 5.64. The predicted octanol–water partition coefficient (Wildman–Crippen LogP) is 1.77. The van der Waals surface area contributed by atoms with E-state index in [0.717, 1.165) is 5.56 Å². The number of rotatable bonds is 4. The molecule has 1 unspecified atom stereocenters. The minimum absolute atomic E-state index is 0.0184. The summed E-state index contributed by atoms with van der Waals surface area (Å²) in [6.07, 6.45) is 1.61. The van der Waals surface area contributed by atoms with Crippen molar-refractivity contribution in [1.29, 1.82) is 0 Å². The lowest BCUT2D eigenvalue weighted by molar-refractivity contribution is -0.138. The molecule has 17 heavy (non-hydrogen) atoms. The SMILES string of the molecule is CC.CC(c1cccnc1N)N(C)CC(=O)O. The second-order valence-corrected chi connectivity index (χ2v) is 3.46. The Morgan fingerprint density at radius 3 is 2.65 bits per heavy atom. The van der Waals surface area contributed by atoms with Crippen LogP contribution in [0.15, 0.2) is 18.3 Å². The van der Waals surface area contributed by atoms with Crippen molar-refractivity contribution in [3.63, 3.8) is 0 Å². The predicted molar refractivity (Wildman–Crippen MR) is 68.7 cm³/mol. The normalized spacial score (nSPS) is 11.6. The molecule has 0 aromatic carbocycles. The summed E-state index contributed by atoms with van der Waals surface area (Å²) in [6.45, 7) is 5.88. The van der Waals surface area contributed by atoms with Gasteiger partial charge in [-0.1, -0.05) is 19.9 Å². The lowest BCUT2D eigenvalue weighted by Crippen LogP contribution is -2.29. The van der Waals surface area contributed by atoms with Crippen LogP contribution in [-0.4, -0.2) is 34.6 Å². The Balaban J connectivity index is 0.00000121. The average molecular weight is 239 g/mol. The molecule has 0 bridgehead atoms. The summed E-state index contributed by atoms with van der Waals surface area (Å²) in [5, 5.41) is 8.66. The number of nitrogen functional groups attached to an aromatic ring is 1. The monoisotopic (exact) mass is 239 g/mol. The number of nitrogens with two attached hydrogens (primary N) is 1. The minimum Gasteiger partial charge on any atom is -0.480 e. The van der Waals surface area contributed by atoms with Crippen molar-refractivity contribution < 1.29 is 9.90 Å². The Kier molecular flexibility index (Phi) is 6.89. The van der Waals surface area contributed by atoms with E-state index in [2.05, 4.69) is 4.98 Å². The van der Waals surface area contributed by atoms with E-state index in [4.69, 9.17) is 10.8 Å². The summed E-state index contributed by atoms with van der Waals surface area (Å²) in [7, 11) is 1.74. The van der Waals surface area contributed by atoms with Gasteiger partial charge in [0.2, 0.25) is 0 Å². The molecule has 0 radical (unpaired) electrons. The first-order valence-corrected chi connectivity index (χ1v) is 5.64. The minimum atomic E-state index is -0.855. The number of pyridine rings is 1. The summed E-state index contributed by atoms with van der Waals surface area (Å²) >= 11 is 0. The van der Waals surface area contributed by atoms with E-state index in [1.54, 1.807) is 24.2 Å². The van der Waals surface area contributed by atoms with Crippen molar-refractivity contribution >= 4 is 11.8 Å². The third kappa shape index (κ3) is 4.82. The molecule has 1 aromatic heterocycles. The van der Waals surface area contributed by atoms with Crippen LogP contribution in [0, 0.1) is 0 Å². The fraction of sp³-hybridized carbons (Fsp3) is 0.500. The maximum absolute atomic E-state index is 10.5. The molecule has 1 atom stereocenters. The van der Waals surface area contributed by atoms with Crippen molar-refractivity contribution in [1.82, 2.24) is 9.88 Å². The van der Waals surface area contributed by atoms with E-state index in [0.29, 0.717) is 5.82 Å². The smallest absolute Gasteiger partial charge is 0.317 e. The first kappa shape index (κ1) is 15.4. The number of hydrogen-bond donors (Lipinski definition) is 2. The molecule has 1 heterocycles. The van der Waals surface area contributed by atoms with Crippen molar-refractivity contribution in [3.8, 4) is 0 Å². The largest absolute Gasteiger partial charge is 0.480 e. The van der Waals surface area contributed by atoms with Gasteiger partial charge < -0.3 is 10.8 Å². The Morgan fingerprint density at radius 2 is 2.18 bits per heavy atom. The topological polar surface area (TPSA) is 79.5 Å². The van der Waals surface area contributed by atoms with Crippen LogP contribution >= 0.6 is 0 Å². The van der Waals surface area contributed by atoms with E-state index in [-0.39, 0.29) is 12.6 Å². The van der Waals surface area contributed by atoms with Gasteiger partial charge >= 0.3 is 5.97 Å². The molecule has 0 aliphatic carbocycles. The van der Waals surface area contributed by atoms with Crippen molar-refractivity contribution in [2.45, 2.75) is 26.8 Å². The van der Waals surface area contributed by atoms with E-state index in [1.807, 2.05) is 26.8 Å². The number of aromatic nitrogens is 1. The zero-order valence-electron chi connectivity index (χ0n) is 10.8. The highest BCUT2D eigenvalue weighted by Crippen LogP contribution is 2.21. The van der Waals surface area contributed by atoms with E-state index in [9.17, 15) is 4.79 Å². The zero-order valence-corrected chi connectivity index (χ0v) is 10.8. The van der Waals surface area contributed by atoms with Gasteiger partial charge in [-0.15, -0.1) is 0 Å². The second-order valence-electron chi connectivity index (χ2n) is 3.46. The van der Waals surface area contributed by atoms with E-state index in [1.165, 1.54) is 0 Å². The van der Waals surface area contributed by atoms with Crippen LogP contribution in [-0.2, 0) is 4.79 Å². The molecule has 0 saturated carbocycles. The highest BCUT2D eigenvalue weighted by molar-refractivity contribution is 5.69. The number of hydrogen-bond acceptors (Lipinski definition) is 4. The third-order valence-corrected chi connectivity index (χ3v) is 2.37. The lowest BCUT2D eigenvalue weighted by atomic mass is 10.1. The van der Waals surface area contributed by atoms with Crippen LogP contribution < -0.4 is 5.73 Å². The molecule has 0 fully saturated rings. The number of anilines is 1. The van der Waals surface area contributed by atoms with Crippen LogP contribution in [0.3, 0.4) is 0 Å². The standard InChI is InChI=1S/C10H15N3O2.C2H6/c1-7(13(2)6-9(14)15)8-4-3-5-12-10(8)11;1-2/h3-5,7H,6H2,1-2H3,(H2,11,12)(H,14,15);1-2H3. The van der Waals surface area contributed by atoms with Crippen LogP contribution in [0.25, 0.3) is 0 Å². The highest BCUT2D eigenvalue weighted by Gasteiger charge is 2.16. The summed E-state index contributed by atoms with van der Waals surface area (Å²) in [4.78, 5) is 16.2. The summed E-state index contributed by atoms with van der Waals surface area (Å²) < 4.78 is 0. The fourth-order valence-corrected chi connectivity index (χ4v) is 1.37. The molecule has 3 N–H and O–H groups in total. The first-order chi connectivity index (χ1) is 8.02. The maximum Gasteiger partial charge on any atom is 0.317 e. The van der Waals surface area contributed by atoms with Gasteiger partial charge in [-0.3, -0.25) is 9.69 Å². The maximum atomic E-state index is 10.5. The fourth-order valence-electron chi connectivity index (χ4n) is 1.37. The molecule has 1 rings (SSSR count). The Morgan fingerprint density at radius 1 is 1.59 bits per heavy atom. The molecular formula is C12H21N3O2. The van der Waals surface area contributed by atoms with Gasteiger partial charge in [-0.2, -0.15) is 0 Å². The molecular weight excluding hydrogens is 218 g/mol. The van der Waals surface area contributed by atoms with Gasteiger partial charge in [0.1, 0.15) is 5.82 Å². The number of nitrogens with zero attached hydrogens (tertiary/aromatic N) is 2. The third-order valence-electron chi connectivity index (χ3n) is 2.37. The van der Waals surface area contributed by atoms with Gasteiger partial charge in [0.15, 0.2) is 0 Å². The van der Waals surface area contributed by atoms with Crippen molar-refractivity contribution in [2.75, 3.05) is 19.3 Å². The number of carbonyl (C=O) groups is 1. The highest BCUT2D eigenvalue weighted by atomic mass is 16.4. The molecule has 0 amide bonds. The van der Waals surface area contributed by atoms with E-state index < -0.39 is 5.97 Å². The van der Waals surface area contributed by atoms with Crippen molar-refractivity contribution in [3.05, 3.63) is 23.9 Å². The molecule has 0 saturated heterocycles. The quantitative estimate of drug-likeness (QED) is 0.837. The molecule has 96 valence electrons. The number of carboxylic acids is 1. The van der Waals surface area contributed by atoms with Crippen molar-refractivity contribution in [2.24, 2.45) is 0 Å². The molecule has 1 aromatic rings. The average Bonchev–Trinajstić information content (AvgIpc) is 2.30. The number of carboxylic acid groups (broad SMARTS) is 1.